The molecule has 1 rings (SSSR count). The summed E-state index contributed by atoms with van der Waals surface area (Å²) in [5.74, 6) is 0.387. The Labute approximate surface area is 93.4 Å². The zero-order chi connectivity index (χ0) is 11.4. The van der Waals surface area contributed by atoms with Gasteiger partial charge in [-0.15, -0.1) is 0 Å². The van der Waals surface area contributed by atoms with Gasteiger partial charge in [-0.05, 0) is 19.8 Å². The number of hydrogen-bond donors (Lipinski definition) is 1. The van der Waals surface area contributed by atoms with Crippen LogP contribution in [0.3, 0.4) is 0 Å². The van der Waals surface area contributed by atoms with Crippen molar-refractivity contribution in [3.05, 3.63) is 0 Å². The molecule has 0 aromatic carbocycles. The molecule has 0 amide bonds. The zero-order valence-electron chi connectivity index (χ0n) is 10.4. The van der Waals surface area contributed by atoms with E-state index in [1.54, 1.807) is 0 Å². The Kier molecular flexibility index (Phi) is 5.03. The number of morpholine rings is 1. The van der Waals surface area contributed by atoms with Gasteiger partial charge < -0.3 is 9.84 Å². The van der Waals surface area contributed by atoms with Gasteiger partial charge in [0.05, 0.1) is 18.3 Å². The van der Waals surface area contributed by atoms with Gasteiger partial charge in [0, 0.05) is 19.6 Å². The highest BCUT2D eigenvalue weighted by molar-refractivity contribution is 4.76. The maximum absolute atomic E-state index is 9.96. The predicted molar refractivity (Wildman–Crippen MR) is 61.9 cm³/mol. The highest BCUT2D eigenvalue weighted by Gasteiger charge is 2.25. The van der Waals surface area contributed by atoms with Crippen LogP contribution >= 0.6 is 0 Å². The number of aliphatic hydroxyl groups excluding tert-OH is 1. The number of ether oxygens (including phenoxy) is 1. The third-order valence-electron chi connectivity index (χ3n) is 3.24. The molecule has 1 saturated heterocycles. The van der Waals surface area contributed by atoms with Crippen molar-refractivity contribution in [1.29, 1.82) is 0 Å². The summed E-state index contributed by atoms with van der Waals surface area (Å²) in [5.41, 5.74) is 0. The molecular formula is C12H25NO2. The van der Waals surface area contributed by atoms with E-state index < -0.39 is 0 Å². The molecule has 3 heteroatoms. The van der Waals surface area contributed by atoms with E-state index in [1.807, 2.05) is 0 Å². The molecule has 0 radical (unpaired) electrons. The molecule has 0 bridgehead atoms. The molecule has 1 aliphatic rings. The van der Waals surface area contributed by atoms with Crippen LogP contribution in [0, 0.1) is 5.92 Å². The summed E-state index contributed by atoms with van der Waals surface area (Å²) >= 11 is 0. The third-order valence-corrected chi connectivity index (χ3v) is 3.24. The average Bonchev–Trinajstić information content (AvgIpc) is 2.14. The molecule has 15 heavy (non-hydrogen) atoms. The number of hydrogen-bond acceptors (Lipinski definition) is 3. The van der Waals surface area contributed by atoms with E-state index in [4.69, 9.17) is 4.74 Å². The Hall–Kier alpha value is -0.120. The highest BCUT2D eigenvalue weighted by atomic mass is 16.5. The van der Waals surface area contributed by atoms with Crippen molar-refractivity contribution in [1.82, 2.24) is 4.90 Å². The van der Waals surface area contributed by atoms with Crippen LogP contribution < -0.4 is 0 Å². The first-order chi connectivity index (χ1) is 7.02. The summed E-state index contributed by atoms with van der Waals surface area (Å²) in [6.07, 6.45) is 1.42. The molecule has 1 aliphatic heterocycles. The topological polar surface area (TPSA) is 32.7 Å². The van der Waals surface area contributed by atoms with E-state index in [-0.39, 0.29) is 18.3 Å². The molecule has 0 aliphatic carbocycles. The molecule has 1 heterocycles. The van der Waals surface area contributed by atoms with Crippen molar-refractivity contribution < 1.29 is 9.84 Å². The quantitative estimate of drug-likeness (QED) is 0.771. The Morgan fingerprint density at radius 2 is 1.87 bits per heavy atom. The lowest BCUT2D eigenvalue weighted by atomic mass is 10.0. The van der Waals surface area contributed by atoms with Crippen LogP contribution in [-0.4, -0.2) is 48.0 Å². The van der Waals surface area contributed by atoms with Crippen molar-refractivity contribution in [3.8, 4) is 0 Å². The number of nitrogens with zero attached hydrogens (tertiary/aromatic N) is 1. The summed E-state index contributed by atoms with van der Waals surface area (Å²) < 4.78 is 5.66. The highest BCUT2D eigenvalue weighted by Crippen LogP contribution is 2.14. The largest absolute Gasteiger partial charge is 0.392 e. The van der Waals surface area contributed by atoms with Crippen LogP contribution in [0.1, 0.15) is 34.1 Å². The maximum atomic E-state index is 9.96. The van der Waals surface area contributed by atoms with Gasteiger partial charge in [-0.25, -0.2) is 0 Å². The molecule has 1 fully saturated rings. The lowest BCUT2D eigenvalue weighted by molar-refractivity contribution is -0.0798. The monoisotopic (exact) mass is 215 g/mol. The van der Waals surface area contributed by atoms with Gasteiger partial charge >= 0.3 is 0 Å². The van der Waals surface area contributed by atoms with Crippen LogP contribution in [0.25, 0.3) is 0 Å². The van der Waals surface area contributed by atoms with Gasteiger partial charge in [0.25, 0.3) is 0 Å². The Morgan fingerprint density at radius 1 is 1.33 bits per heavy atom. The second-order valence-electron chi connectivity index (χ2n) is 4.93. The van der Waals surface area contributed by atoms with Crippen molar-refractivity contribution in [3.63, 3.8) is 0 Å². The van der Waals surface area contributed by atoms with Crippen molar-refractivity contribution in [2.45, 2.75) is 52.4 Å². The van der Waals surface area contributed by atoms with E-state index in [0.29, 0.717) is 5.92 Å². The lowest BCUT2D eigenvalue weighted by Gasteiger charge is -2.37. The molecule has 90 valence electrons. The summed E-state index contributed by atoms with van der Waals surface area (Å²) in [5, 5.41) is 9.96. The smallest absolute Gasteiger partial charge is 0.0692 e. The normalized spacial score (nSPS) is 32.6. The van der Waals surface area contributed by atoms with Crippen LogP contribution in [0.5, 0.6) is 0 Å². The third kappa shape index (κ3) is 4.09. The minimum Gasteiger partial charge on any atom is -0.392 e. The van der Waals surface area contributed by atoms with Crippen molar-refractivity contribution >= 4 is 0 Å². The standard InChI is InChI=1S/C12H25NO2/c1-5-9(2)12(14)8-13-6-10(3)15-11(4)7-13/h9-12,14H,5-8H2,1-4H3/t9?,10-,11+,12?. The average molecular weight is 215 g/mol. The van der Waals surface area contributed by atoms with Crippen molar-refractivity contribution in [2.24, 2.45) is 5.92 Å². The van der Waals surface area contributed by atoms with Crippen LogP contribution in [-0.2, 0) is 4.74 Å². The van der Waals surface area contributed by atoms with E-state index in [2.05, 4.69) is 32.6 Å². The maximum Gasteiger partial charge on any atom is 0.0692 e. The molecule has 0 spiro atoms. The van der Waals surface area contributed by atoms with Gasteiger partial charge in [0.1, 0.15) is 0 Å². The molecule has 2 unspecified atom stereocenters. The molecule has 3 nitrogen and oxygen atoms in total. The second-order valence-corrected chi connectivity index (χ2v) is 4.93. The fourth-order valence-corrected chi connectivity index (χ4v) is 2.15. The predicted octanol–water partition coefficient (Wildman–Crippen LogP) is 1.50. The van der Waals surface area contributed by atoms with Crippen LogP contribution in [0.2, 0.25) is 0 Å². The minimum atomic E-state index is -0.201. The summed E-state index contributed by atoms with van der Waals surface area (Å²) in [6, 6.07) is 0. The van der Waals surface area contributed by atoms with Gasteiger partial charge in [-0.3, -0.25) is 4.90 Å². The lowest BCUT2D eigenvalue weighted by Crippen LogP contribution is -2.48. The van der Waals surface area contributed by atoms with E-state index in [0.717, 1.165) is 26.1 Å². The van der Waals surface area contributed by atoms with Crippen LogP contribution in [0.15, 0.2) is 0 Å². The fraction of sp³-hybridized carbons (Fsp3) is 1.00. The summed E-state index contributed by atoms with van der Waals surface area (Å²) in [6.45, 7) is 11.1. The van der Waals surface area contributed by atoms with Gasteiger partial charge in [-0.2, -0.15) is 0 Å². The molecular weight excluding hydrogens is 190 g/mol. The SMILES string of the molecule is CCC(C)C(O)CN1C[C@@H](C)O[C@@H](C)C1. The van der Waals surface area contributed by atoms with E-state index >= 15 is 0 Å². The minimum absolute atomic E-state index is 0.201. The first kappa shape index (κ1) is 12.9. The fourth-order valence-electron chi connectivity index (χ4n) is 2.15. The van der Waals surface area contributed by atoms with Gasteiger partial charge in [0.2, 0.25) is 0 Å². The number of aliphatic hydroxyl groups is 1. The number of β-amino-alcohol motifs (C(OH)–C–C–N with tert-alkyl or cyclic N) is 1. The zero-order valence-corrected chi connectivity index (χ0v) is 10.4. The Morgan fingerprint density at radius 3 is 2.33 bits per heavy atom. The van der Waals surface area contributed by atoms with Crippen LogP contribution in [0.4, 0.5) is 0 Å². The Balaban J connectivity index is 2.37. The summed E-state index contributed by atoms with van der Waals surface area (Å²) in [4.78, 5) is 2.32. The molecule has 0 aromatic rings. The second kappa shape index (κ2) is 5.83. The first-order valence-electron chi connectivity index (χ1n) is 6.08. The Bertz CT molecular complexity index is 176. The first-order valence-corrected chi connectivity index (χ1v) is 6.08. The molecule has 0 saturated carbocycles. The van der Waals surface area contributed by atoms with Gasteiger partial charge in [-0.1, -0.05) is 20.3 Å². The van der Waals surface area contributed by atoms with Gasteiger partial charge in [0.15, 0.2) is 0 Å². The van der Waals surface area contributed by atoms with E-state index in [9.17, 15) is 5.11 Å². The molecule has 0 aromatic heterocycles. The van der Waals surface area contributed by atoms with Crippen molar-refractivity contribution in [2.75, 3.05) is 19.6 Å². The molecule has 4 atom stereocenters. The molecule has 1 N–H and O–H groups in total. The number of rotatable bonds is 4. The summed E-state index contributed by atoms with van der Waals surface area (Å²) in [7, 11) is 0. The van der Waals surface area contributed by atoms with E-state index in [1.165, 1.54) is 0 Å².